The maximum absolute atomic E-state index is 2.43. The first kappa shape index (κ1) is 10.0. The second-order valence-electron chi connectivity index (χ2n) is 4.39. The van der Waals surface area contributed by atoms with E-state index in [2.05, 4.69) is 41.0 Å². The zero-order chi connectivity index (χ0) is 8.20. The summed E-state index contributed by atoms with van der Waals surface area (Å²) in [4.78, 5) is 0. The number of hydrogen-bond acceptors (Lipinski definition) is 0. The molecule has 0 heterocycles. The summed E-state index contributed by atoms with van der Waals surface area (Å²) in [6, 6.07) is 0. The summed E-state index contributed by atoms with van der Waals surface area (Å²) < 4.78 is 0. The fourth-order valence-electron chi connectivity index (χ4n) is 0.721. The van der Waals surface area contributed by atoms with Crippen LogP contribution >= 0.6 is 0 Å². The third-order valence-electron chi connectivity index (χ3n) is 1.78. The van der Waals surface area contributed by atoms with Crippen molar-refractivity contribution in [3.05, 3.63) is 6.42 Å². The Labute approximate surface area is 66.0 Å². The molecular formula is C10H21. The highest BCUT2D eigenvalue weighted by Crippen LogP contribution is 2.23. The first-order valence-corrected chi connectivity index (χ1v) is 4.29. The molecule has 0 nitrogen and oxygen atoms in total. The van der Waals surface area contributed by atoms with Crippen molar-refractivity contribution in [3.63, 3.8) is 0 Å². The fourth-order valence-corrected chi connectivity index (χ4v) is 0.721. The highest BCUT2D eigenvalue weighted by molar-refractivity contribution is 4.77. The number of rotatable bonds is 3. The molecule has 0 aromatic carbocycles. The Morgan fingerprint density at radius 2 is 1.80 bits per heavy atom. The standard InChI is InChI=1S/C10H21/c1-6-9(2)7-8-10(3,4)5/h7,9H,6,8H2,1-5H3. The van der Waals surface area contributed by atoms with Crippen molar-refractivity contribution in [1.82, 2.24) is 0 Å². The average molecular weight is 141 g/mol. The van der Waals surface area contributed by atoms with Gasteiger partial charge in [0.1, 0.15) is 0 Å². The van der Waals surface area contributed by atoms with Gasteiger partial charge < -0.3 is 0 Å². The quantitative estimate of drug-likeness (QED) is 0.562. The van der Waals surface area contributed by atoms with E-state index < -0.39 is 0 Å². The van der Waals surface area contributed by atoms with Gasteiger partial charge in [-0.25, -0.2) is 0 Å². The normalized spacial score (nSPS) is 15.3. The molecule has 1 radical (unpaired) electrons. The molecule has 61 valence electrons. The van der Waals surface area contributed by atoms with Crippen LogP contribution in [-0.2, 0) is 0 Å². The lowest BCUT2D eigenvalue weighted by molar-refractivity contribution is 0.384. The Bertz CT molecular complexity index is 76.5. The molecular weight excluding hydrogens is 120 g/mol. The Kier molecular flexibility index (Phi) is 4.00. The molecule has 0 rings (SSSR count). The van der Waals surface area contributed by atoms with E-state index in [4.69, 9.17) is 0 Å². The van der Waals surface area contributed by atoms with Crippen LogP contribution in [0.1, 0.15) is 47.5 Å². The van der Waals surface area contributed by atoms with E-state index in [1.54, 1.807) is 0 Å². The number of hydrogen-bond donors (Lipinski definition) is 0. The second-order valence-corrected chi connectivity index (χ2v) is 4.39. The highest BCUT2D eigenvalue weighted by atomic mass is 14.2. The fraction of sp³-hybridized carbons (Fsp3) is 0.900. The molecule has 10 heavy (non-hydrogen) atoms. The van der Waals surface area contributed by atoms with E-state index in [-0.39, 0.29) is 0 Å². The van der Waals surface area contributed by atoms with Gasteiger partial charge in [0.2, 0.25) is 0 Å². The van der Waals surface area contributed by atoms with Crippen LogP contribution in [0.3, 0.4) is 0 Å². The van der Waals surface area contributed by atoms with Gasteiger partial charge in [0, 0.05) is 0 Å². The molecule has 0 saturated carbocycles. The second kappa shape index (κ2) is 4.00. The predicted molar refractivity (Wildman–Crippen MR) is 47.8 cm³/mol. The molecule has 0 aromatic rings. The van der Waals surface area contributed by atoms with Crippen molar-refractivity contribution in [1.29, 1.82) is 0 Å². The van der Waals surface area contributed by atoms with Crippen molar-refractivity contribution in [3.8, 4) is 0 Å². The van der Waals surface area contributed by atoms with Gasteiger partial charge in [0.05, 0.1) is 0 Å². The SMILES string of the molecule is CCC(C)[CH]CC(C)(C)C. The summed E-state index contributed by atoms with van der Waals surface area (Å²) in [6.45, 7) is 11.4. The zero-order valence-corrected chi connectivity index (χ0v) is 8.07. The Balaban J connectivity index is 3.36. The summed E-state index contributed by atoms with van der Waals surface area (Å²) in [5.41, 5.74) is 0.476. The van der Waals surface area contributed by atoms with Gasteiger partial charge in [-0.2, -0.15) is 0 Å². The monoisotopic (exact) mass is 141 g/mol. The summed E-state index contributed by atoms with van der Waals surface area (Å²) in [7, 11) is 0. The van der Waals surface area contributed by atoms with E-state index >= 15 is 0 Å². The maximum atomic E-state index is 2.43. The van der Waals surface area contributed by atoms with Gasteiger partial charge in [0.15, 0.2) is 0 Å². The minimum atomic E-state index is 0.476. The van der Waals surface area contributed by atoms with Crippen molar-refractivity contribution in [2.24, 2.45) is 11.3 Å². The first-order chi connectivity index (χ1) is 4.45. The van der Waals surface area contributed by atoms with Crippen LogP contribution in [0, 0.1) is 17.8 Å². The van der Waals surface area contributed by atoms with Gasteiger partial charge >= 0.3 is 0 Å². The molecule has 0 heteroatoms. The third kappa shape index (κ3) is 6.12. The minimum Gasteiger partial charge on any atom is -0.0651 e. The molecule has 0 spiro atoms. The summed E-state index contributed by atoms with van der Waals surface area (Å²) in [5.74, 6) is 0.791. The topological polar surface area (TPSA) is 0 Å². The molecule has 0 saturated heterocycles. The molecule has 1 unspecified atom stereocenters. The summed E-state index contributed by atoms with van der Waals surface area (Å²) >= 11 is 0. The van der Waals surface area contributed by atoms with E-state index in [0.717, 1.165) is 5.92 Å². The van der Waals surface area contributed by atoms with E-state index in [1.807, 2.05) is 0 Å². The van der Waals surface area contributed by atoms with Gasteiger partial charge in [-0.3, -0.25) is 0 Å². The Morgan fingerprint density at radius 1 is 1.30 bits per heavy atom. The largest absolute Gasteiger partial charge is 0.0651 e. The van der Waals surface area contributed by atoms with Crippen LogP contribution in [0.5, 0.6) is 0 Å². The van der Waals surface area contributed by atoms with Crippen LogP contribution in [0.2, 0.25) is 0 Å². The third-order valence-corrected chi connectivity index (χ3v) is 1.78. The van der Waals surface area contributed by atoms with Gasteiger partial charge in [-0.05, 0) is 24.2 Å². The van der Waals surface area contributed by atoms with Gasteiger partial charge in [0.25, 0.3) is 0 Å². The zero-order valence-electron chi connectivity index (χ0n) is 8.07. The van der Waals surface area contributed by atoms with Crippen LogP contribution < -0.4 is 0 Å². The van der Waals surface area contributed by atoms with Crippen LogP contribution in [0.15, 0.2) is 0 Å². The molecule has 0 fully saturated rings. The Hall–Kier alpha value is 0. The van der Waals surface area contributed by atoms with Crippen molar-refractivity contribution in [2.45, 2.75) is 47.5 Å². The van der Waals surface area contributed by atoms with Gasteiger partial charge in [-0.1, -0.05) is 41.0 Å². The molecule has 1 atom stereocenters. The average Bonchev–Trinajstić information content (AvgIpc) is 1.81. The lowest BCUT2D eigenvalue weighted by atomic mass is 9.86. The summed E-state index contributed by atoms with van der Waals surface area (Å²) in [5, 5.41) is 0. The molecule has 0 aliphatic carbocycles. The van der Waals surface area contributed by atoms with Crippen LogP contribution in [-0.4, -0.2) is 0 Å². The maximum Gasteiger partial charge on any atom is -0.0352 e. The molecule has 0 aliphatic rings. The lowest BCUT2D eigenvalue weighted by Gasteiger charge is -2.19. The molecule has 0 aliphatic heterocycles. The van der Waals surface area contributed by atoms with Crippen LogP contribution in [0.25, 0.3) is 0 Å². The predicted octanol–water partition coefficient (Wildman–Crippen LogP) is 3.67. The smallest absolute Gasteiger partial charge is 0.0352 e. The molecule has 0 amide bonds. The van der Waals surface area contributed by atoms with E-state index in [9.17, 15) is 0 Å². The van der Waals surface area contributed by atoms with Crippen molar-refractivity contribution >= 4 is 0 Å². The van der Waals surface area contributed by atoms with Gasteiger partial charge in [-0.15, -0.1) is 0 Å². The Morgan fingerprint density at radius 3 is 2.10 bits per heavy atom. The lowest BCUT2D eigenvalue weighted by Crippen LogP contribution is -2.07. The van der Waals surface area contributed by atoms with Crippen molar-refractivity contribution in [2.75, 3.05) is 0 Å². The molecule has 0 bridgehead atoms. The molecule has 0 N–H and O–H groups in total. The minimum absolute atomic E-state index is 0.476. The first-order valence-electron chi connectivity index (χ1n) is 4.29. The highest BCUT2D eigenvalue weighted by Gasteiger charge is 2.11. The van der Waals surface area contributed by atoms with Crippen LogP contribution in [0.4, 0.5) is 0 Å². The summed E-state index contributed by atoms with van der Waals surface area (Å²) in [6.07, 6.45) is 4.94. The van der Waals surface area contributed by atoms with E-state index in [1.165, 1.54) is 12.8 Å². The molecule has 0 aromatic heterocycles. The van der Waals surface area contributed by atoms with E-state index in [0.29, 0.717) is 5.41 Å². The van der Waals surface area contributed by atoms with Crippen molar-refractivity contribution < 1.29 is 0 Å².